The lowest BCUT2D eigenvalue weighted by Gasteiger charge is -2.21. The first kappa shape index (κ1) is 10.3. The van der Waals surface area contributed by atoms with Crippen LogP contribution in [0.2, 0.25) is 0 Å². The fraction of sp³-hybridized carbons (Fsp3) is 0. The van der Waals surface area contributed by atoms with Gasteiger partial charge in [0.05, 0.1) is 32.9 Å². The number of benzene rings is 9. The normalized spacial score (nSPS) is 20.4. The van der Waals surface area contributed by atoms with Crippen LogP contribution in [0.4, 0.5) is 0 Å². The summed E-state index contributed by atoms with van der Waals surface area (Å²) in [7, 11) is 0. The molecule has 0 unspecified atom stereocenters. The molecule has 10 rings (SSSR count). The Labute approximate surface area is 287 Å². The molecule has 0 saturated heterocycles. The van der Waals surface area contributed by atoms with Crippen molar-refractivity contribution >= 4 is 65.6 Å². The van der Waals surface area contributed by atoms with E-state index in [9.17, 15) is 13.7 Å². The zero-order valence-electron chi connectivity index (χ0n) is 45.4. The second kappa shape index (κ2) is 8.70. The maximum absolute atomic E-state index is 9.73. The van der Waals surface area contributed by atoms with Gasteiger partial charge >= 0.3 is 0 Å². The first-order chi connectivity index (χ1) is 31.3. The number of fused-ring (bicyclic) bond motifs is 3. The summed E-state index contributed by atoms with van der Waals surface area (Å²) in [4.78, 5) is -0.283. The molecule has 1 heterocycles. The predicted octanol–water partition coefficient (Wildman–Crippen LogP) is 12.4. The van der Waals surface area contributed by atoms with E-state index in [1.165, 1.54) is 0 Å². The van der Waals surface area contributed by atoms with E-state index in [1.807, 2.05) is 0 Å². The van der Waals surface area contributed by atoms with Crippen molar-refractivity contribution in [2.75, 3.05) is 0 Å². The summed E-state index contributed by atoms with van der Waals surface area (Å²) in [6.45, 7) is 0. The molecule has 0 atom stereocenters. The van der Waals surface area contributed by atoms with Gasteiger partial charge in [-0.1, -0.05) is 139 Å². The van der Waals surface area contributed by atoms with Gasteiger partial charge in [-0.25, -0.2) is 0 Å². The maximum atomic E-state index is 9.73. The van der Waals surface area contributed by atoms with E-state index in [2.05, 4.69) is 0 Å². The Morgan fingerprint density at radius 2 is 0.953 bits per heavy atom. The maximum Gasteiger partial charge on any atom is 0.0636 e. The lowest BCUT2D eigenvalue weighted by atomic mass is 9.86. The van der Waals surface area contributed by atoms with Crippen molar-refractivity contribution in [1.82, 2.24) is 0 Å². The smallest absolute Gasteiger partial charge is 0.0636 e. The van der Waals surface area contributed by atoms with Crippen molar-refractivity contribution in [3.63, 3.8) is 0 Å². The summed E-state index contributed by atoms with van der Waals surface area (Å²) in [5.74, 6) is 0. The molecule has 1 aliphatic rings. The highest BCUT2D eigenvalue weighted by Crippen LogP contribution is 2.49. The van der Waals surface area contributed by atoms with Crippen LogP contribution in [0.5, 0.6) is 0 Å². The van der Waals surface area contributed by atoms with Crippen LogP contribution in [0.15, 0.2) is 155 Å². The molecule has 0 aromatic heterocycles. The van der Waals surface area contributed by atoms with E-state index in [4.69, 9.17) is 19.2 Å². The molecule has 9 aromatic rings. The average Bonchev–Trinajstić information content (AvgIpc) is 3.29. The fourth-order valence-electron chi connectivity index (χ4n) is 5.64. The molecule has 0 spiro atoms. The van der Waals surface area contributed by atoms with E-state index < -0.39 is 189 Å². The Hall–Kier alpha value is -5.11. The van der Waals surface area contributed by atoms with Gasteiger partial charge in [0.15, 0.2) is 0 Å². The molecule has 43 heavy (non-hydrogen) atoms. The van der Waals surface area contributed by atoms with Crippen molar-refractivity contribution in [1.29, 1.82) is 0 Å². The summed E-state index contributed by atoms with van der Waals surface area (Å²) in [6.07, 6.45) is 0. The molecule has 1 aliphatic heterocycles. The van der Waals surface area contributed by atoms with Crippen LogP contribution in [-0.4, -0.2) is 0 Å². The van der Waals surface area contributed by atoms with Gasteiger partial charge in [-0.2, -0.15) is 0 Å². The minimum atomic E-state index is -0.956. The van der Waals surface area contributed by atoms with Crippen molar-refractivity contribution in [3.8, 4) is 33.4 Å². The van der Waals surface area contributed by atoms with Crippen LogP contribution in [-0.2, 0) is 0 Å². The largest absolute Gasteiger partial charge is 0.0888 e. The Bertz CT molecular complexity index is 3900. The molecule has 0 nitrogen and oxygen atoms in total. The minimum Gasteiger partial charge on any atom is -0.0888 e. The molecular weight excluding hydrogens is 537 g/mol. The van der Waals surface area contributed by atoms with Crippen molar-refractivity contribution < 1.29 is 32.9 Å². The van der Waals surface area contributed by atoms with Gasteiger partial charge < -0.3 is 0 Å². The lowest BCUT2D eigenvalue weighted by Crippen LogP contribution is -1.94. The SMILES string of the molecule is [2H]c1c([2H])c(-c2c([2H])c([2H])c(-c3c([2H])c([2H])c4c([2H])c([2H])c5c([2H])c([2H])c([2H])c6c([2H])c([2H])c3c4c56)c3c([2H])c([2H])c([2H])c([2H])c23)c([2H])c2c1Sc1c([2H])c([2H])c([2H])c3c([2H])c([2H])c([2H])c-2c13. The van der Waals surface area contributed by atoms with Gasteiger partial charge in [0.2, 0.25) is 0 Å². The van der Waals surface area contributed by atoms with Crippen LogP contribution in [0.1, 0.15) is 32.9 Å². The highest BCUT2D eigenvalue weighted by atomic mass is 32.2. The molecular formula is C42H24S. The minimum absolute atomic E-state index is 0.0773. The summed E-state index contributed by atoms with van der Waals surface area (Å²) < 4.78 is 217. The van der Waals surface area contributed by atoms with Crippen LogP contribution in [0, 0.1) is 0 Å². The second-order valence-corrected chi connectivity index (χ2v) is 10.8. The Morgan fingerprint density at radius 1 is 0.349 bits per heavy atom. The molecule has 0 N–H and O–H groups in total. The van der Waals surface area contributed by atoms with Crippen LogP contribution >= 0.6 is 11.8 Å². The standard InChI is InChI=1S/C42H24S/c1-2-11-32-31(10-1)30(29-18-23-38-37(24-29)35-12-4-8-25-9-5-13-39(43-38)41(25)35)21-22-33(32)34-19-16-28-15-14-26-6-3-7-27-17-20-36(34)42(28)40(26)27/h1-24H/i1D,2D,3D,4D,5D,6D,7D,8D,9D,10D,11D,12D,13D,14D,15D,16D,17D,18D,19D,20D,21D,22D,23D,24D. The highest BCUT2D eigenvalue weighted by molar-refractivity contribution is 7.99. The Morgan fingerprint density at radius 3 is 1.79 bits per heavy atom. The van der Waals surface area contributed by atoms with Gasteiger partial charge in [0.1, 0.15) is 0 Å². The zero-order valence-corrected chi connectivity index (χ0v) is 22.2. The lowest BCUT2D eigenvalue weighted by molar-refractivity contribution is 1.40. The van der Waals surface area contributed by atoms with E-state index in [-0.39, 0.29) is 53.2 Å². The Balaban J connectivity index is 1.43. The van der Waals surface area contributed by atoms with Crippen LogP contribution in [0.3, 0.4) is 0 Å². The monoisotopic (exact) mass is 584 g/mol. The summed E-state index contributed by atoms with van der Waals surface area (Å²) >= 11 is 0.658. The second-order valence-electron chi connectivity index (χ2n) is 9.76. The number of hydrogen-bond acceptors (Lipinski definition) is 1. The summed E-state index contributed by atoms with van der Waals surface area (Å²) in [5.41, 5.74) is -3.21. The van der Waals surface area contributed by atoms with Gasteiger partial charge in [-0.15, -0.1) is 0 Å². The molecule has 1 heteroatoms. The first-order valence-electron chi connectivity index (χ1n) is 24.9. The molecule has 0 bridgehead atoms. The number of hydrogen-bond donors (Lipinski definition) is 0. The van der Waals surface area contributed by atoms with Gasteiger partial charge in [-0.05, 0) is 100.0 Å². The van der Waals surface area contributed by atoms with Gasteiger partial charge in [-0.3, -0.25) is 0 Å². The van der Waals surface area contributed by atoms with Crippen LogP contribution in [0.25, 0.3) is 87.2 Å². The average molecular weight is 585 g/mol. The molecule has 0 saturated carbocycles. The first-order valence-corrected chi connectivity index (χ1v) is 13.7. The van der Waals surface area contributed by atoms with E-state index in [0.717, 1.165) is 0 Å². The molecule has 0 amide bonds. The van der Waals surface area contributed by atoms with Gasteiger partial charge in [0, 0.05) is 15.2 Å². The third-order valence-electron chi connectivity index (χ3n) is 7.51. The quantitative estimate of drug-likeness (QED) is 0.182. The predicted molar refractivity (Wildman–Crippen MR) is 186 cm³/mol. The fourth-order valence-corrected chi connectivity index (χ4v) is 6.61. The summed E-state index contributed by atoms with van der Waals surface area (Å²) in [5, 5.41) is -3.83. The third-order valence-corrected chi connectivity index (χ3v) is 8.53. The third kappa shape index (κ3) is 3.29. The topological polar surface area (TPSA) is 0 Å². The molecule has 0 radical (unpaired) electrons. The van der Waals surface area contributed by atoms with Crippen LogP contribution < -0.4 is 0 Å². The van der Waals surface area contributed by atoms with E-state index >= 15 is 0 Å². The van der Waals surface area contributed by atoms with E-state index in [1.54, 1.807) is 0 Å². The number of rotatable bonds is 2. The van der Waals surface area contributed by atoms with Crippen molar-refractivity contribution in [3.05, 3.63) is 145 Å². The van der Waals surface area contributed by atoms with Gasteiger partial charge in [0.25, 0.3) is 0 Å². The molecule has 0 fully saturated rings. The highest BCUT2D eigenvalue weighted by Gasteiger charge is 2.20. The molecule has 9 aromatic carbocycles. The Kier molecular flexibility index (Phi) is 2.08. The van der Waals surface area contributed by atoms with Crippen molar-refractivity contribution in [2.24, 2.45) is 0 Å². The van der Waals surface area contributed by atoms with Crippen molar-refractivity contribution in [2.45, 2.75) is 9.79 Å². The molecule has 0 aliphatic carbocycles. The zero-order chi connectivity index (χ0) is 49.0. The van der Waals surface area contributed by atoms with E-state index in [0.29, 0.717) is 11.8 Å². The summed E-state index contributed by atoms with van der Waals surface area (Å²) in [6, 6.07) is -18.1. The molecule has 198 valence electrons.